The van der Waals surface area contributed by atoms with Crippen molar-refractivity contribution in [1.82, 2.24) is 14.9 Å². The summed E-state index contributed by atoms with van der Waals surface area (Å²) in [5.74, 6) is 1.04. The van der Waals surface area contributed by atoms with Crippen molar-refractivity contribution in [3.05, 3.63) is 42.0 Å². The molecule has 1 saturated heterocycles. The van der Waals surface area contributed by atoms with Gasteiger partial charge in [0.25, 0.3) is 0 Å². The van der Waals surface area contributed by atoms with Gasteiger partial charge in [0.05, 0.1) is 12.4 Å². The standard InChI is InChI=1S/C21H29N3O5S/c1-2-19(17-7-6-8-18(13-17)29-15-16-9-10-16)23-30(27,28)12-5-3-4-11-24-14-20(25)22-21(24)26/h3-4,6-8,13,16,19,23H,2,5,9-12,14-15H2,1H3,(H,22,25,26)/b4-3+. The summed E-state index contributed by atoms with van der Waals surface area (Å²) >= 11 is 0. The number of ether oxygens (including phenoxy) is 1. The number of hydrogen-bond donors (Lipinski definition) is 2. The minimum Gasteiger partial charge on any atom is -0.493 e. The summed E-state index contributed by atoms with van der Waals surface area (Å²) in [7, 11) is -3.48. The van der Waals surface area contributed by atoms with Crippen LogP contribution in [0.15, 0.2) is 36.4 Å². The lowest BCUT2D eigenvalue weighted by molar-refractivity contribution is -0.118. The predicted molar refractivity (Wildman–Crippen MR) is 113 cm³/mol. The first kappa shape index (κ1) is 22.3. The molecule has 8 nitrogen and oxygen atoms in total. The molecule has 1 aromatic carbocycles. The molecule has 3 rings (SSSR count). The fraction of sp³-hybridized carbons (Fsp3) is 0.524. The number of urea groups is 1. The average molecular weight is 436 g/mol. The summed E-state index contributed by atoms with van der Waals surface area (Å²) in [5.41, 5.74) is 0.884. The minimum atomic E-state index is -3.48. The Hall–Kier alpha value is -2.39. The van der Waals surface area contributed by atoms with Gasteiger partial charge in [-0.25, -0.2) is 17.9 Å². The smallest absolute Gasteiger partial charge is 0.324 e. The zero-order valence-corrected chi connectivity index (χ0v) is 18.0. The van der Waals surface area contributed by atoms with Gasteiger partial charge in [-0.15, -0.1) is 0 Å². The van der Waals surface area contributed by atoms with Crippen molar-refractivity contribution in [2.24, 2.45) is 5.92 Å². The fourth-order valence-electron chi connectivity index (χ4n) is 3.16. The quantitative estimate of drug-likeness (QED) is 0.387. The number of nitrogens with zero attached hydrogens (tertiary/aromatic N) is 1. The topological polar surface area (TPSA) is 105 Å². The van der Waals surface area contributed by atoms with E-state index in [-0.39, 0.29) is 30.8 Å². The third-order valence-electron chi connectivity index (χ3n) is 5.09. The van der Waals surface area contributed by atoms with Gasteiger partial charge in [-0.3, -0.25) is 10.1 Å². The van der Waals surface area contributed by atoms with Crippen LogP contribution in [-0.4, -0.2) is 50.7 Å². The summed E-state index contributed by atoms with van der Waals surface area (Å²) in [5, 5.41) is 2.20. The number of carbonyl (C=O) groups excluding carboxylic acids is 2. The summed E-state index contributed by atoms with van der Waals surface area (Å²) in [4.78, 5) is 23.9. The lowest BCUT2D eigenvalue weighted by Gasteiger charge is -2.18. The number of carbonyl (C=O) groups is 2. The third-order valence-corrected chi connectivity index (χ3v) is 6.50. The number of rotatable bonds is 12. The lowest BCUT2D eigenvalue weighted by Crippen LogP contribution is -2.30. The molecule has 30 heavy (non-hydrogen) atoms. The Kier molecular flexibility index (Phi) is 7.49. The number of benzene rings is 1. The van der Waals surface area contributed by atoms with Gasteiger partial charge in [-0.2, -0.15) is 0 Å². The van der Waals surface area contributed by atoms with Gasteiger partial charge in [-0.1, -0.05) is 31.2 Å². The predicted octanol–water partition coefficient (Wildman–Crippen LogP) is 2.34. The van der Waals surface area contributed by atoms with E-state index in [1.54, 1.807) is 12.2 Å². The molecule has 2 N–H and O–H groups in total. The van der Waals surface area contributed by atoms with E-state index in [4.69, 9.17) is 4.74 Å². The molecule has 2 aliphatic rings. The summed E-state index contributed by atoms with van der Waals surface area (Å²) in [6.45, 7) is 2.96. The second-order valence-electron chi connectivity index (χ2n) is 7.72. The highest BCUT2D eigenvalue weighted by molar-refractivity contribution is 7.89. The van der Waals surface area contributed by atoms with Crippen molar-refractivity contribution in [2.45, 2.75) is 38.6 Å². The lowest BCUT2D eigenvalue weighted by atomic mass is 10.1. The summed E-state index contributed by atoms with van der Waals surface area (Å²) in [6.07, 6.45) is 6.79. The molecule has 0 spiro atoms. The van der Waals surface area contributed by atoms with Gasteiger partial charge in [0, 0.05) is 12.6 Å². The molecule has 1 aliphatic heterocycles. The Bertz CT molecular complexity index is 896. The van der Waals surface area contributed by atoms with Crippen LogP contribution in [0.5, 0.6) is 5.75 Å². The maximum absolute atomic E-state index is 12.5. The SMILES string of the molecule is CCC(NS(=O)(=O)CC/C=C/CN1CC(=O)NC1=O)c1cccc(OCC2CC2)c1. The van der Waals surface area contributed by atoms with Crippen molar-refractivity contribution < 1.29 is 22.7 Å². The molecule has 1 heterocycles. The molecule has 1 aliphatic carbocycles. The second-order valence-corrected chi connectivity index (χ2v) is 9.59. The molecule has 0 radical (unpaired) electrons. The third kappa shape index (κ3) is 6.84. The van der Waals surface area contributed by atoms with Crippen molar-refractivity contribution in [3.8, 4) is 5.75 Å². The zero-order chi connectivity index (χ0) is 21.6. The molecule has 0 bridgehead atoms. The van der Waals surface area contributed by atoms with E-state index >= 15 is 0 Å². The van der Waals surface area contributed by atoms with Gasteiger partial charge in [-0.05, 0) is 49.3 Å². The van der Waals surface area contributed by atoms with Crippen molar-refractivity contribution >= 4 is 22.0 Å². The van der Waals surface area contributed by atoms with E-state index < -0.39 is 16.1 Å². The molecule has 0 aromatic heterocycles. The van der Waals surface area contributed by atoms with E-state index in [1.165, 1.54) is 17.7 Å². The highest BCUT2D eigenvalue weighted by Gasteiger charge is 2.25. The molecule has 164 valence electrons. The normalized spacial score (nSPS) is 18.1. The highest BCUT2D eigenvalue weighted by Crippen LogP contribution is 2.30. The van der Waals surface area contributed by atoms with Crippen LogP contribution >= 0.6 is 0 Å². The maximum Gasteiger partial charge on any atom is 0.324 e. The summed E-state index contributed by atoms with van der Waals surface area (Å²) < 4.78 is 33.6. The highest BCUT2D eigenvalue weighted by atomic mass is 32.2. The minimum absolute atomic E-state index is 0.0324. The first-order valence-electron chi connectivity index (χ1n) is 10.3. The molecule has 1 atom stereocenters. The zero-order valence-electron chi connectivity index (χ0n) is 17.2. The summed E-state index contributed by atoms with van der Waals surface area (Å²) in [6, 6.07) is 6.85. The molecule has 1 saturated carbocycles. The van der Waals surface area contributed by atoms with E-state index in [0.29, 0.717) is 25.4 Å². The first-order chi connectivity index (χ1) is 14.4. The number of imide groups is 1. The van der Waals surface area contributed by atoms with E-state index in [2.05, 4.69) is 10.0 Å². The Morgan fingerprint density at radius 1 is 1.30 bits per heavy atom. The fourth-order valence-corrected chi connectivity index (χ4v) is 4.46. The van der Waals surface area contributed by atoms with Crippen molar-refractivity contribution in [1.29, 1.82) is 0 Å². The van der Waals surface area contributed by atoms with Crippen molar-refractivity contribution in [3.63, 3.8) is 0 Å². The monoisotopic (exact) mass is 435 g/mol. The van der Waals surface area contributed by atoms with Gasteiger partial charge in [0.2, 0.25) is 15.9 Å². The molecule has 2 fully saturated rings. The molecule has 9 heteroatoms. The Morgan fingerprint density at radius 3 is 2.77 bits per heavy atom. The van der Waals surface area contributed by atoms with Crippen LogP contribution in [-0.2, 0) is 14.8 Å². The van der Waals surface area contributed by atoms with Gasteiger partial charge in [0.15, 0.2) is 0 Å². The Balaban J connectivity index is 1.47. The van der Waals surface area contributed by atoms with Gasteiger partial charge >= 0.3 is 6.03 Å². The molecule has 3 amide bonds. The molecular weight excluding hydrogens is 406 g/mol. The number of allylic oxidation sites excluding steroid dienone is 1. The number of hydrogen-bond acceptors (Lipinski definition) is 5. The van der Waals surface area contributed by atoms with Gasteiger partial charge < -0.3 is 9.64 Å². The molecule has 1 unspecified atom stereocenters. The van der Waals surface area contributed by atoms with E-state index in [0.717, 1.165) is 11.3 Å². The average Bonchev–Trinajstić information content (AvgIpc) is 3.48. The molecular formula is C21H29N3O5S. The van der Waals surface area contributed by atoms with Crippen LogP contribution in [0.4, 0.5) is 4.79 Å². The maximum atomic E-state index is 12.5. The largest absolute Gasteiger partial charge is 0.493 e. The second kappa shape index (κ2) is 10.1. The van der Waals surface area contributed by atoms with Crippen LogP contribution in [0.25, 0.3) is 0 Å². The van der Waals surface area contributed by atoms with Crippen LogP contribution < -0.4 is 14.8 Å². The van der Waals surface area contributed by atoms with Crippen LogP contribution in [0, 0.1) is 5.92 Å². The van der Waals surface area contributed by atoms with E-state index in [1.807, 2.05) is 31.2 Å². The van der Waals surface area contributed by atoms with Crippen molar-refractivity contribution in [2.75, 3.05) is 25.4 Å². The Labute approximate surface area is 177 Å². The van der Waals surface area contributed by atoms with E-state index in [9.17, 15) is 18.0 Å². The first-order valence-corrected chi connectivity index (χ1v) is 12.0. The number of sulfonamides is 1. The van der Waals surface area contributed by atoms with Gasteiger partial charge in [0.1, 0.15) is 12.3 Å². The van der Waals surface area contributed by atoms with Crippen LogP contribution in [0.1, 0.15) is 44.2 Å². The van der Waals surface area contributed by atoms with Crippen LogP contribution in [0.2, 0.25) is 0 Å². The van der Waals surface area contributed by atoms with Crippen LogP contribution in [0.3, 0.4) is 0 Å². The number of nitrogens with one attached hydrogen (secondary N) is 2. The Morgan fingerprint density at radius 2 is 2.10 bits per heavy atom. The molecule has 1 aromatic rings. The number of amides is 3.